The molecule has 1 aliphatic heterocycles. The maximum Gasteiger partial charge on any atom is 0.416 e. The number of aromatic nitrogens is 1. The first-order chi connectivity index (χ1) is 15.2. The zero-order chi connectivity index (χ0) is 23.3. The fourth-order valence-electron chi connectivity index (χ4n) is 3.05. The standard InChI is InChI=1S/C21H21F3N2O5S/c1-2-31-19(28)12-18-26(13-17(27)25-7-9-30-10-8-25)20(29)16(32-18)11-14-3-5-15(6-4-14)21(22,23)24/h3-6,11-12H,2,7-10,13H2,1H3/b16-11-,18-12-. The number of hydrogen-bond donors (Lipinski definition) is 0. The van der Waals surface area contributed by atoms with Crippen LogP contribution in [0.25, 0.3) is 12.2 Å². The minimum atomic E-state index is -4.46. The first kappa shape index (κ1) is 23.7. The number of alkyl halides is 3. The van der Waals surface area contributed by atoms with Crippen molar-refractivity contribution in [1.29, 1.82) is 0 Å². The predicted molar refractivity (Wildman–Crippen MR) is 111 cm³/mol. The number of thiazole rings is 1. The molecule has 3 rings (SSSR count). The Morgan fingerprint density at radius 1 is 1.19 bits per heavy atom. The number of rotatable bonds is 5. The van der Waals surface area contributed by atoms with E-state index in [1.54, 1.807) is 11.8 Å². The van der Waals surface area contributed by atoms with Gasteiger partial charge < -0.3 is 14.4 Å². The van der Waals surface area contributed by atoms with E-state index in [0.717, 1.165) is 29.5 Å². The molecular formula is C21H21F3N2O5S. The molecule has 1 amide bonds. The zero-order valence-corrected chi connectivity index (χ0v) is 18.0. The summed E-state index contributed by atoms with van der Waals surface area (Å²) in [5, 5.41) is 0. The summed E-state index contributed by atoms with van der Waals surface area (Å²) in [4.78, 5) is 39.1. The van der Waals surface area contributed by atoms with Gasteiger partial charge in [-0.15, -0.1) is 11.3 Å². The molecule has 11 heteroatoms. The molecule has 2 aromatic rings. The van der Waals surface area contributed by atoms with Gasteiger partial charge in [0.05, 0.1) is 36.0 Å². The Bertz CT molecular complexity index is 1150. The normalized spacial score (nSPS) is 15.8. The van der Waals surface area contributed by atoms with Crippen LogP contribution in [0.15, 0.2) is 29.1 Å². The number of esters is 1. The third-order valence-electron chi connectivity index (χ3n) is 4.66. The van der Waals surface area contributed by atoms with Gasteiger partial charge >= 0.3 is 12.1 Å². The number of morpholine rings is 1. The molecule has 172 valence electrons. The van der Waals surface area contributed by atoms with Crippen LogP contribution in [0.2, 0.25) is 0 Å². The lowest BCUT2D eigenvalue weighted by Gasteiger charge is -2.26. The second kappa shape index (κ2) is 10.1. The fourth-order valence-corrected chi connectivity index (χ4v) is 4.08. The van der Waals surface area contributed by atoms with Crippen molar-refractivity contribution in [2.45, 2.75) is 19.6 Å². The Hall–Kier alpha value is -2.92. The van der Waals surface area contributed by atoms with Crippen LogP contribution in [0.3, 0.4) is 0 Å². The van der Waals surface area contributed by atoms with Crippen LogP contribution in [-0.2, 0) is 31.8 Å². The molecule has 1 aromatic heterocycles. The molecule has 0 aliphatic carbocycles. The van der Waals surface area contributed by atoms with Gasteiger partial charge in [-0.2, -0.15) is 13.2 Å². The van der Waals surface area contributed by atoms with Crippen molar-refractivity contribution >= 4 is 35.4 Å². The van der Waals surface area contributed by atoms with Crippen molar-refractivity contribution in [3.63, 3.8) is 0 Å². The molecule has 1 saturated heterocycles. The van der Waals surface area contributed by atoms with Crippen LogP contribution in [0, 0.1) is 0 Å². The summed E-state index contributed by atoms with van der Waals surface area (Å²) in [6.07, 6.45) is -1.91. The lowest BCUT2D eigenvalue weighted by molar-refractivity contribution is -0.138. The van der Waals surface area contributed by atoms with E-state index < -0.39 is 23.3 Å². The van der Waals surface area contributed by atoms with E-state index in [2.05, 4.69) is 0 Å². The fraction of sp³-hybridized carbons (Fsp3) is 0.381. The maximum atomic E-state index is 13.0. The first-order valence-corrected chi connectivity index (χ1v) is 10.6. The molecule has 0 radical (unpaired) electrons. The number of hydrogen-bond acceptors (Lipinski definition) is 6. The Morgan fingerprint density at radius 3 is 2.44 bits per heavy atom. The van der Waals surface area contributed by atoms with Crippen molar-refractivity contribution in [3.05, 3.63) is 54.9 Å². The van der Waals surface area contributed by atoms with E-state index in [1.807, 2.05) is 0 Å². The molecule has 0 bridgehead atoms. The quantitative estimate of drug-likeness (QED) is 0.609. The molecule has 0 saturated carbocycles. The lowest BCUT2D eigenvalue weighted by Crippen LogP contribution is -2.45. The highest BCUT2D eigenvalue weighted by Crippen LogP contribution is 2.29. The summed E-state index contributed by atoms with van der Waals surface area (Å²) in [5.74, 6) is -0.963. The molecule has 0 atom stereocenters. The van der Waals surface area contributed by atoms with Gasteiger partial charge in [-0.25, -0.2) is 4.79 Å². The lowest BCUT2D eigenvalue weighted by atomic mass is 10.1. The van der Waals surface area contributed by atoms with Crippen LogP contribution >= 0.6 is 11.3 Å². The maximum absolute atomic E-state index is 13.0. The molecule has 1 aliphatic rings. The predicted octanol–water partition coefficient (Wildman–Crippen LogP) is 0.960. The number of nitrogens with zero attached hydrogens (tertiary/aromatic N) is 2. The monoisotopic (exact) mass is 470 g/mol. The van der Waals surface area contributed by atoms with Gasteiger partial charge in [0, 0.05) is 13.1 Å². The smallest absolute Gasteiger partial charge is 0.416 e. The SMILES string of the molecule is CCOC(=O)/C=c1\s/c(=C\c2ccc(C(F)(F)F)cc2)c(=O)n1CC(=O)N1CCOCC1. The third-order valence-corrected chi connectivity index (χ3v) is 5.72. The van der Waals surface area contributed by atoms with Gasteiger partial charge in [0.1, 0.15) is 11.2 Å². The highest BCUT2D eigenvalue weighted by molar-refractivity contribution is 7.07. The highest BCUT2D eigenvalue weighted by Gasteiger charge is 2.29. The van der Waals surface area contributed by atoms with Crippen LogP contribution < -0.4 is 14.8 Å². The number of ether oxygens (including phenoxy) is 2. The van der Waals surface area contributed by atoms with Gasteiger partial charge in [0.15, 0.2) is 0 Å². The van der Waals surface area contributed by atoms with Crippen LogP contribution in [-0.4, -0.2) is 54.3 Å². The third kappa shape index (κ3) is 5.86. The van der Waals surface area contributed by atoms with Gasteiger partial charge in [0.2, 0.25) is 5.91 Å². The van der Waals surface area contributed by atoms with E-state index in [-0.39, 0.29) is 28.3 Å². The summed E-state index contributed by atoms with van der Waals surface area (Å²) in [6.45, 7) is 3.11. The number of halogens is 3. The second-order valence-electron chi connectivity index (χ2n) is 6.85. The van der Waals surface area contributed by atoms with Gasteiger partial charge in [-0.05, 0) is 30.7 Å². The Labute approximate surface area is 185 Å². The van der Waals surface area contributed by atoms with E-state index in [1.165, 1.54) is 22.8 Å². The topological polar surface area (TPSA) is 77.8 Å². The number of amides is 1. The average Bonchev–Trinajstić information content (AvgIpc) is 3.03. The summed E-state index contributed by atoms with van der Waals surface area (Å²) in [6, 6.07) is 4.34. The summed E-state index contributed by atoms with van der Waals surface area (Å²) < 4.78 is 50.0. The molecule has 1 aromatic carbocycles. The Morgan fingerprint density at radius 2 is 1.84 bits per heavy atom. The number of carbonyl (C=O) groups excluding carboxylic acids is 2. The van der Waals surface area contributed by atoms with Crippen molar-refractivity contribution in [2.75, 3.05) is 32.9 Å². The van der Waals surface area contributed by atoms with Crippen molar-refractivity contribution < 1.29 is 32.2 Å². The largest absolute Gasteiger partial charge is 0.463 e. The zero-order valence-electron chi connectivity index (χ0n) is 17.2. The average molecular weight is 470 g/mol. The molecule has 0 unspecified atom stereocenters. The minimum absolute atomic E-state index is 0.141. The number of carbonyl (C=O) groups is 2. The van der Waals surface area contributed by atoms with E-state index in [9.17, 15) is 27.6 Å². The molecule has 0 N–H and O–H groups in total. The van der Waals surface area contributed by atoms with Crippen LogP contribution in [0.5, 0.6) is 0 Å². The molecule has 2 heterocycles. The molecule has 0 spiro atoms. The summed E-state index contributed by atoms with van der Waals surface area (Å²) in [5.41, 5.74) is -0.941. The Balaban J connectivity index is 2.00. The van der Waals surface area contributed by atoms with E-state index in [0.29, 0.717) is 31.9 Å². The number of benzene rings is 1. The van der Waals surface area contributed by atoms with Gasteiger partial charge in [0.25, 0.3) is 5.56 Å². The van der Waals surface area contributed by atoms with Crippen molar-refractivity contribution in [2.24, 2.45) is 0 Å². The van der Waals surface area contributed by atoms with Crippen LogP contribution in [0.1, 0.15) is 18.1 Å². The molecule has 7 nitrogen and oxygen atoms in total. The van der Waals surface area contributed by atoms with E-state index in [4.69, 9.17) is 9.47 Å². The molecular weight excluding hydrogens is 449 g/mol. The second-order valence-corrected chi connectivity index (χ2v) is 7.91. The van der Waals surface area contributed by atoms with Crippen molar-refractivity contribution in [3.8, 4) is 0 Å². The molecule has 1 fully saturated rings. The molecule has 32 heavy (non-hydrogen) atoms. The van der Waals surface area contributed by atoms with Crippen LogP contribution in [0.4, 0.5) is 13.2 Å². The first-order valence-electron chi connectivity index (χ1n) is 9.81. The van der Waals surface area contributed by atoms with Gasteiger partial charge in [-0.1, -0.05) is 12.1 Å². The summed E-state index contributed by atoms with van der Waals surface area (Å²) in [7, 11) is 0. The van der Waals surface area contributed by atoms with Crippen molar-refractivity contribution in [1.82, 2.24) is 9.47 Å². The van der Waals surface area contributed by atoms with E-state index >= 15 is 0 Å². The van der Waals surface area contributed by atoms with Gasteiger partial charge in [-0.3, -0.25) is 14.2 Å². The minimum Gasteiger partial charge on any atom is -0.463 e. The highest BCUT2D eigenvalue weighted by atomic mass is 32.1. The Kier molecular flexibility index (Phi) is 7.52. The summed E-state index contributed by atoms with van der Waals surface area (Å²) >= 11 is 0.954.